The third-order valence-corrected chi connectivity index (χ3v) is 1.29. The van der Waals surface area contributed by atoms with Gasteiger partial charge < -0.3 is 5.32 Å². The van der Waals surface area contributed by atoms with E-state index in [0.717, 1.165) is 12.4 Å². The van der Waals surface area contributed by atoms with Crippen molar-refractivity contribution in [2.75, 3.05) is 0 Å². The number of nitrogens with zero attached hydrogens (tertiary/aromatic N) is 2. The molecule has 1 heterocycles. The highest BCUT2D eigenvalue weighted by atomic mass is 15.0. The first-order valence-electron chi connectivity index (χ1n) is 3.78. The van der Waals surface area contributed by atoms with E-state index in [1.807, 2.05) is 6.07 Å². The summed E-state index contributed by atoms with van der Waals surface area (Å²) in [5.74, 6) is 0.848. The van der Waals surface area contributed by atoms with Crippen molar-refractivity contribution in [3.63, 3.8) is 0 Å². The van der Waals surface area contributed by atoms with Gasteiger partial charge in [-0.3, -0.25) is 0 Å². The van der Waals surface area contributed by atoms with Crippen LogP contribution in [0.25, 0.3) is 0 Å². The summed E-state index contributed by atoms with van der Waals surface area (Å²) >= 11 is 0. The lowest BCUT2D eigenvalue weighted by Gasteiger charge is -2.05. The maximum atomic E-state index is 4.08. The fourth-order valence-corrected chi connectivity index (χ4v) is 0.717. The summed E-state index contributed by atoms with van der Waals surface area (Å²) in [6.45, 7) is 4.95. The Hall–Kier alpha value is -0.960. The van der Waals surface area contributed by atoms with Crippen molar-refractivity contribution in [1.82, 2.24) is 15.3 Å². The van der Waals surface area contributed by atoms with Crippen LogP contribution < -0.4 is 5.32 Å². The van der Waals surface area contributed by atoms with Crippen molar-refractivity contribution in [3.05, 3.63) is 24.3 Å². The van der Waals surface area contributed by atoms with E-state index in [9.17, 15) is 0 Å². The number of nitrogens with one attached hydrogen (secondary N) is 1. The third-order valence-electron chi connectivity index (χ3n) is 1.29. The van der Waals surface area contributed by atoms with Gasteiger partial charge in [-0.05, 0) is 6.07 Å². The lowest BCUT2D eigenvalue weighted by atomic mass is 10.4. The van der Waals surface area contributed by atoms with Gasteiger partial charge >= 0.3 is 0 Å². The van der Waals surface area contributed by atoms with Gasteiger partial charge in [-0.25, -0.2) is 9.97 Å². The Kier molecular flexibility index (Phi) is 2.98. The van der Waals surface area contributed by atoms with Gasteiger partial charge in [0.05, 0.1) is 6.54 Å². The Balaban J connectivity index is 2.39. The van der Waals surface area contributed by atoms with Crippen LogP contribution >= 0.6 is 0 Å². The van der Waals surface area contributed by atoms with Gasteiger partial charge in [-0.1, -0.05) is 13.8 Å². The van der Waals surface area contributed by atoms with Crippen molar-refractivity contribution in [3.8, 4) is 0 Å². The Bertz CT molecular complexity index is 196. The Labute approximate surface area is 66.9 Å². The minimum absolute atomic E-state index is 0.485. The van der Waals surface area contributed by atoms with Gasteiger partial charge in [-0.2, -0.15) is 0 Å². The van der Waals surface area contributed by atoms with E-state index < -0.39 is 0 Å². The Morgan fingerprint density at radius 1 is 1.36 bits per heavy atom. The summed E-state index contributed by atoms with van der Waals surface area (Å²) in [6.07, 6.45) is 3.51. The van der Waals surface area contributed by atoms with E-state index in [2.05, 4.69) is 29.1 Å². The Morgan fingerprint density at radius 2 is 2.00 bits per heavy atom. The molecule has 0 fully saturated rings. The number of hydrogen-bond acceptors (Lipinski definition) is 3. The topological polar surface area (TPSA) is 37.8 Å². The summed E-state index contributed by atoms with van der Waals surface area (Å²) in [6, 6.07) is 2.30. The van der Waals surface area contributed by atoms with Gasteiger partial charge in [0.15, 0.2) is 0 Å². The molecule has 0 aliphatic rings. The molecule has 0 unspecified atom stereocenters. The van der Waals surface area contributed by atoms with Crippen LogP contribution in [-0.2, 0) is 6.54 Å². The smallest absolute Gasteiger partial charge is 0.141 e. The van der Waals surface area contributed by atoms with Crippen LogP contribution in [0.4, 0.5) is 0 Å². The molecule has 0 saturated carbocycles. The second-order valence-electron chi connectivity index (χ2n) is 2.70. The highest BCUT2D eigenvalue weighted by molar-refractivity contribution is 4.87. The van der Waals surface area contributed by atoms with Crippen molar-refractivity contribution in [1.29, 1.82) is 0 Å². The number of hydrogen-bond donors (Lipinski definition) is 1. The molecular weight excluding hydrogens is 138 g/mol. The van der Waals surface area contributed by atoms with Crippen molar-refractivity contribution < 1.29 is 0 Å². The zero-order valence-electron chi connectivity index (χ0n) is 6.91. The lowest BCUT2D eigenvalue weighted by molar-refractivity contribution is 0.572. The molecule has 1 N–H and O–H groups in total. The van der Waals surface area contributed by atoms with E-state index in [0.29, 0.717) is 6.04 Å². The molecule has 0 amide bonds. The van der Waals surface area contributed by atoms with Crippen LogP contribution in [0.3, 0.4) is 0 Å². The summed E-state index contributed by atoms with van der Waals surface area (Å²) < 4.78 is 0. The van der Waals surface area contributed by atoms with Crippen molar-refractivity contribution >= 4 is 0 Å². The second kappa shape index (κ2) is 4.03. The molecule has 1 aromatic heterocycles. The van der Waals surface area contributed by atoms with E-state index in [-0.39, 0.29) is 0 Å². The van der Waals surface area contributed by atoms with Crippen molar-refractivity contribution in [2.45, 2.75) is 26.4 Å². The molecule has 0 bridgehead atoms. The molecule has 0 aliphatic carbocycles. The van der Waals surface area contributed by atoms with Crippen LogP contribution in [0.5, 0.6) is 0 Å². The first-order valence-corrected chi connectivity index (χ1v) is 3.78. The normalized spacial score (nSPS) is 10.5. The van der Waals surface area contributed by atoms with Gasteiger partial charge in [0.2, 0.25) is 0 Å². The summed E-state index contributed by atoms with van der Waals surface area (Å²) in [5.41, 5.74) is 0. The SMILES string of the molecule is CC(C)NCc1ncccn1. The molecule has 0 atom stereocenters. The molecule has 0 aliphatic heterocycles. The summed E-state index contributed by atoms with van der Waals surface area (Å²) in [7, 11) is 0. The molecule has 0 saturated heterocycles. The van der Waals surface area contributed by atoms with Crippen LogP contribution in [0, 0.1) is 0 Å². The molecule has 0 spiro atoms. The first kappa shape index (κ1) is 8.14. The van der Waals surface area contributed by atoms with Crippen LogP contribution in [0.2, 0.25) is 0 Å². The predicted octanol–water partition coefficient (Wildman–Crippen LogP) is 0.975. The monoisotopic (exact) mass is 151 g/mol. The second-order valence-corrected chi connectivity index (χ2v) is 2.70. The molecule has 60 valence electrons. The van der Waals surface area contributed by atoms with E-state index in [1.165, 1.54) is 0 Å². The van der Waals surface area contributed by atoms with Crippen LogP contribution in [0.15, 0.2) is 18.5 Å². The standard InChI is InChI=1S/C8H13N3/c1-7(2)11-6-8-9-4-3-5-10-8/h3-5,7,11H,6H2,1-2H3. The summed E-state index contributed by atoms with van der Waals surface area (Å²) in [4.78, 5) is 8.15. The lowest BCUT2D eigenvalue weighted by Crippen LogP contribution is -2.22. The van der Waals surface area contributed by atoms with Gasteiger partial charge in [0.25, 0.3) is 0 Å². The zero-order chi connectivity index (χ0) is 8.10. The molecule has 0 aromatic carbocycles. The fraction of sp³-hybridized carbons (Fsp3) is 0.500. The van der Waals surface area contributed by atoms with Crippen LogP contribution in [0.1, 0.15) is 19.7 Å². The minimum atomic E-state index is 0.485. The molecule has 3 heteroatoms. The molecule has 11 heavy (non-hydrogen) atoms. The molecule has 1 aromatic rings. The fourth-order valence-electron chi connectivity index (χ4n) is 0.717. The van der Waals surface area contributed by atoms with Gasteiger partial charge in [0, 0.05) is 18.4 Å². The van der Waals surface area contributed by atoms with Crippen molar-refractivity contribution in [2.24, 2.45) is 0 Å². The average molecular weight is 151 g/mol. The highest BCUT2D eigenvalue weighted by Gasteiger charge is 1.94. The van der Waals surface area contributed by atoms with Gasteiger partial charge in [-0.15, -0.1) is 0 Å². The first-order chi connectivity index (χ1) is 5.29. The molecule has 3 nitrogen and oxygen atoms in total. The molecular formula is C8H13N3. The zero-order valence-corrected chi connectivity index (χ0v) is 6.91. The molecule has 0 radical (unpaired) electrons. The number of aromatic nitrogens is 2. The quantitative estimate of drug-likeness (QED) is 0.699. The highest BCUT2D eigenvalue weighted by Crippen LogP contribution is 1.87. The largest absolute Gasteiger partial charge is 0.308 e. The van der Waals surface area contributed by atoms with Gasteiger partial charge in [0.1, 0.15) is 5.82 Å². The van der Waals surface area contributed by atoms with Crippen LogP contribution in [-0.4, -0.2) is 16.0 Å². The summed E-state index contributed by atoms with van der Waals surface area (Å²) in [5, 5.41) is 3.24. The maximum absolute atomic E-state index is 4.08. The number of rotatable bonds is 3. The Morgan fingerprint density at radius 3 is 2.55 bits per heavy atom. The molecule has 1 rings (SSSR count). The predicted molar refractivity (Wildman–Crippen MR) is 44.0 cm³/mol. The minimum Gasteiger partial charge on any atom is -0.308 e. The third kappa shape index (κ3) is 3.09. The average Bonchev–Trinajstić information content (AvgIpc) is 2.03. The van der Waals surface area contributed by atoms with E-state index >= 15 is 0 Å². The maximum Gasteiger partial charge on any atom is 0.141 e. The van der Waals surface area contributed by atoms with E-state index in [1.54, 1.807) is 12.4 Å². The van der Waals surface area contributed by atoms with E-state index in [4.69, 9.17) is 0 Å².